The lowest BCUT2D eigenvalue weighted by Gasteiger charge is -2.05. The van der Waals surface area contributed by atoms with Crippen LogP contribution in [0, 0.1) is 0 Å². The molecule has 0 bridgehead atoms. The number of hydrogen-bond donors (Lipinski definition) is 0. The Kier molecular flexibility index (Phi) is 13.7. The summed E-state index contributed by atoms with van der Waals surface area (Å²) in [5, 5.41) is 0. The van der Waals surface area contributed by atoms with Gasteiger partial charge in [0.2, 0.25) is 0 Å². The van der Waals surface area contributed by atoms with Crippen molar-refractivity contribution in [1.82, 2.24) is 0 Å². The zero-order chi connectivity index (χ0) is 22.0. The zero-order valence-corrected chi connectivity index (χ0v) is 19.9. The van der Waals surface area contributed by atoms with Crippen LogP contribution >= 0.6 is 0 Å². The van der Waals surface area contributed by atoms with Gasteiger partial charge in [-0.2, -0.15) is 0 Å². The van der Waals surface area contributed by atoms with E-state index in [2.05, 4.69) is 43.3 Å². The number of carbonyl (C=O) groups excluding carboxylic acids is 1. The number of ketones is 1. The van der Waals surface area contributed by atoms with Crippen molar-refractivity contribution in [2.75, 3.05) is 0 Å². The van der Waals surface area contributed by atoms with Crippen LogP contribution in [0.5, 0.6) is 0 Å². The Labute approximate surface area is 191 Å². The van der Waals surface area contributed by atoms with Crippen molar-refractivity contribution >= 4 is 5.78 Å². The Balaban J connectivity index is 1.45. The van der Waals surface area contributed by atoms with Crippen molar-refractivity contribution in [2.24, 2.45) is 0 Å². The van der Waals surface area contributed by atoms with Gasteiger partial charge >= 0.3 is 0 Å². The van der Waals surface area contributed by atoms with Crippen LogP contribution in [0.2, 0.25) is 0 Å². The molecule has 31 heavy (non-hydrogen) atoms. The number of rotatable bonds is 18. The molecule has 0 unspecified atom stereocenters. The zero-order valence-electron chi connectivity index (χ0n) is 19.9. The topological polar surface area (TPSA) is 17.1 Å². The summed E-state index contributed by atoms with van der Waals surface area (Å²) in [5.74, 6) is 0.296. The summed E-state index contributed by atoms with van der Waals surface area (Å²) in [6.45, 7) is 2.28. The summed E-state index contributed by atoms with van der Waals surface area (Å²) in [4.78, 5) is 12.4. The highest BCUT2D eigenvalue weighted by Gasteiger charge is 2.06. The molecule has 0 aliphatic carbocycles. The van der Waals surface area contributed by atoms with E-state index < -0.39 is 0 Å². The summed E-state index contributed by atoms with van der Waals surface area (Å²) < 4.78 is 0. The van der Waals surface area contributed by atoms with Crippen LogP contribution in [0.3, 0.4) is 0 Å². The lowest BCUT2D eigenvalue weighted by Crippen LogP contribution is -1.99. The predicted octanol–water partition coefficient (Wildman–Crippen LogP) is 9.33. The molecule has 0 amide bonds. The van der Waals surface area contributed by atoms with Gasteiger partial charge < -0.3 is 0 Å². The van der Waals surface area contributed by atoms with Crippen LogP contribution < -0.4 is 0 Å². The van der Waals surface area contributed by atoms with Gasteiger partial charge in [0.25, 0.3) is 0 Å². The van der Waals surface area contributed by atoms with E-state index in [0.29, 0.717) is 12.2 Å². The third-order valence-electron chi connectivity index (χ3n) is 6.28. The molecule has 0 spiro atoms. The average molecular weight is 421 g/mol. The van der Waals surface area contributed by atoms with Gasteiger partial charge in [0, 0.05) is 12.0 Å². The molecule has 2 aromatic rings. The summed E-state index contributed by atoms with van der Waals surface area (Å²) in [5.41, 5.74) is 3.44. The van der Waals surface area contributed by atoms with E-state index in [9.17, 15) is 4.79 Å². The fourth-order valence-corrected chi connectivity index (χ4v) is 4.26. The molecule has 0 saturated heterocycles. The molecule has 0 atom stereocenters. The SMILES string of the molecule is CCCCCCCCCCCCCCCCC(=O)c1ccc(Cc2ccccc2)cc1. The minimum Gasteiger partial charge on any atom is -0.294 e. The fourth-order valence-electron chi connectivity index (χ4n) is 4.26. The fraction of sp³-hybridized carbons (Fsp3) is 0.567. The average Bonchev–Trinajstić information content (AvgIpc) is 2.80. The van der Waals surface area contributed by atoms with Crippen molar-refractivity contribution in [1.29, 1.82) is 0 Å². The molecule has 0 saturated carbocycles. The molecular weight excluding hydrogens is 376 g/mol. The molecule has 0 aromatic heterocycles. The molecule has 0 N–H and O–H groups in total. The molecule has 2 rings (SSSR count). The van der Waals surface area contributed by atoms with Crippen LogP contribution in [-0.4, -0.2) is 5.78 Å². The summed E-state index contributed by atoms with van der Waals surface area (Å²) >= 11 is 0. The van der Waals surface area contributed by atoms with Gasteiger partial charge in [-0.05, 0) is 24.0 Å². The highest BCUT2D eigenvalue weighted by molar-refractivity contribution is 5.96. The molecule has 0 heterocycles. The van der Waals surface area contributed by atoms with Gasteiger partial charge in [-0.3, -0.25) is 4.79 Å². The van der Waals surface area contributed by atoms with Crippen molar-refractivity contribution in [3.8, 4) is 0 Å². The largest absolute Gasteiger partial charge is 0.294 e. The highest BCUT2D eigenvalue weighted by atomic mass is 16.1. The molecule has 0 aliphatic heterocycles. The lowest BCUT2D eigenvalue weighted by molar-refractivity contribution is 0.0979. The number of benzene rings is 2. The van der Waals surface area contributed by atoms with Crippen molar-refractivity contribution in [3.05, 3.63) is 71.3 Å². The van der Waals surface area contributed by atoms with Crippen molar-refractivity contribution in [2.45, 2.75) is 110 Å². The van der Waals surface area contributed by atoms with Gasteiger partial charge in [-0.25, -0.2) is 0 Å². The van der Waals surface area contributed by atoms with E-state index in [4.69, 9.17) is 0 Å². The minimum atomic E-state index is 0.296. The van der Waals surface area contributed by atoms with Crippen LogP contribution in [0.25, 0.3) is 0 Å². The molecule has 0 aliphatic rings. The smallest absolute Gasteiger partial charge is 0.162 e. The van der Waals surface area contributed by atoms with Gasteiger partial charge in [-0.1, -0.05) is 145 Å². The standard InChI is InChI=1S/C30H44O/c1-2-3-4-5-6-7-8-9-10-11-12-13-14-18-21-30(31)29-24-22-28(23-25-29)26-27-19-16-15-17-20-27/h15-17,19-20,22-25H,2-14,18,21,26H2,1H3. The maximum atomic E-state index is 12.4. The second-order valence-corrected chi connectivity index (χ2v) is 9.13. The van der Waals surface area contributed by atoms with E-state index in [1.54, 1.807) is 0 Å². The Morgan fingerprint density at radius 1 is 0.548 bits per heavy atom. The van der Waals surface area contributed by atoms with E-state index in [-0.39, 0.29) is 0 Å². The first kappa shape index (κ1) is 25.4. The quantitative estimate of drug-likeness (QED) is 0.173. The Morgan fingerprint density at radius 3 is 1.52 bits per heavy atom. The summed E-state index contributed by atoms with van der Waals surface area (Å²) in [7, 11) is 0. The van der Waals surface area contributed by atoms with Gasteiger partial charge in [0.1, 0.15) is 0 Å². The van der Waals surface area contributed by atoms with Gasteiger partial charge in [-0.15, -0.1) is 0 Å². The second-order valence-electron chi connectivity index (χ2n) is 9.13. The van der Waals surface area contributed by atoms with Gasteiger partial charge in [0.15, 0.2) is 5.78 Å². The molecule has 0 fully saturated rings. The molecule has 2 aromatic carbocycles. The lowest BCUT2D eigenvalue weighted by atomic mass is 9.99. The minimum absolute atomic E-state index is 0.296. The molecular formula is C30H44O. The number of Topliss-reactive ketones (excluding diaryl/α,β-unsaturated/α-hetero) is 1. The van der Waals surface area contributed by atoms with E-state index >= 15 is 0 Å². The molecule has 1 nitrogen and oxygen atoms in total. The van der Waals surface area contributed by atoms with Crippen molar-refractivity contribution < 1.29 is 4.79 Å². The second kappa shape index (κ2) is 16.8. The number of unbranched alkanes of at least 4 members (excludes halogenated alkanes) is 13. The third-order valence-corrected chi connectivity index (χ3v) is 6.28. The first-order valence-corrected chi connectivity index (χ1v) is 13.0. The maximum Gasteiger partial charge on any atom is 0.162 e. The maximum absolute atomic E-state index is 12.4. The Morgan fingerprint density at radius 2 is 1.00 bits per heavy atom. The normalized spacial score (nSPS) is 11.0. The van der Waals surface area contributed by atoms with Crippen LogP contribution in [0.4, 0.5) is 0 Å². The number of carbonyl (C=O) groups is 1. The van der Waals surface area contributed by atoms with E-state index in [1.807, 2.05) is 18.2 Å². The third kappa shape index (κ3) is 11.9. The van der Waals surface area contributed by atoms with Crippen LogP contribution in [0.15, 0.2) is 54.6 Å². The van der Waals surface area contributed by atoms with Crippen LogP contribution in [-0.2, 0) is 6.42 Å². The van der Waals surface area contributed by atoms with Crippen molar-refractivity contribution in [3.63, 3.8) is 0 Å². The van der Waals surface area contributed by atoms with Gasteiger partial charge in [0.05, 0.1) is 0 Å². The van der Waals surface area contributed by atoms with Crippen LogP contribution in [0.1, 0.15) is 125 Å². The monoisotopic (exact) mass is 420 g/mol. The molecule has 0 radical (unpaired) electrons. The first-order chi connectivity index (χ1) is 15.3. The Hall–Kier alpha value is -1.89. The first-order valence-electron chi connectivity index (χ1n) is 13.0. The Bertz CT molecular complexity index is 686. The summed E-state index contributed by atoms with van der Waals surface area (Å²) in [6, 6.07) is 18.7. The number of hydrogen-bond acceptors (Lipinski definition) is 1. The highest BCUT2D eigenvalue weighted by Crippen LogP contribution is 2.15. The van der Waals surface area contributed by atoms with E-state index in [1.165, 1.54) is 94.6 Å². The van der Waals surface area contributed by atoms with E-state index in [0.717, 1.165) is 18.4 Å². The molecule has 1 heteroatoms. The predicted molar refractivity (Wildman–Crippen MR) is 135 cm³/mol. The summed E-state index contributed by atoms with van der Waals surface area (Å²) in [6.07, 6.45) is 20.5. The molecule has 170 valence electrons.